The molecule has 0 aliphatic carbocycles. The van der Waals surface area contributed by atoms with Crippen LogP contribution in [0.15, 0.2) is 24.3 Å². The normalized spacial score (nSPS) is 18.4. The first-order valence-corrected chi connectivity index (χ1v) is 8.06. The molecule has 1 aliphatic heterocycles. The van der Waals surface area contributed by atoms with Crippen LogP contribution >= 0.6 is 0 Å². The fraction of sp³-hybridized carbons (Fsp3) is 0.562. The summed E-state index contributed by atoms with van der Waals surface area (Å²) in [5.41, 5.74) is -4.88. The van der Waals surface area contributed by atoms with E-state index < -0.39 is 42.1 Å². The molecule has 0 unspecified atom stereocenters. The Morgan fingerprint density at radius 2 is 1.93 bits per heavy atom. The Balaban J connectivity index is 2.33. The van der Waals surface area contributed by atoms with Crippen molar-refractivity contribution in [1.82, 2.24) is 5.32 Å². The minimum Gasteiger partial charge on any atom is -0.497 e. The van der Waals surface area contributed by atoms with E-state index in [1.165, 1.54) is 19.2 Å². The summed E-state index contributed by atoms with van der Waals surface area (Å²) in [5.74, 6) is -1.40. The summed E-state index contributed by atoms with van der Waals surface area (Å²) < 4.78 is 91.1. The van der Waals surface area contributed by atoms with Crippen LogP contribution in [-0.4, -0.2) is 50.3 Å². The van der Waals surface area contributed by atoms with Crippen molar-refractivity contribution >= 4 is 5.91 Å². The second kappa shape index (κ2) is 7.93. The maximum atomic E-state index is 13.5. The van der Waals surface area contributed by atoms with E-state index in [0.717, 1.165) is 17.4 Å². The SMILES string of the molecule is COc1cccc(C(=O)NC([NH2+]C[C@@H]2CCCO2)(C(F)(F)F)C(F)(F)F)c1. The maximum absolute atomic E-state index is 13.5. The number of quaternary nitrogens is 1. The van der Waals surface area contributed by atoms with Crippen molar-refractivity contribution in [2.75, 3.05) is 20.3 Å². The van der Waals surface area contributed by atoms with Gasteiger partial charge < -0.3 is 14.8 Å². The number of nitrogens with two attached hydrogens (primary N) is 1. The molecular weight excluding hydrogens is 382 g/mol. The molecule has 1 aliphatic rings. The van der Waals surface area contributed by atoms with Crippen molar-refractivity contribution in [3.8, 4) is 5.75 Å². The molecule has 1 aromatic carbocycles. The molecule has 27 heavy (non-hydrogen) atoms. The zero-order chi connectivity index (χ0) is 20.3. The fourth-order valence-corrected chi connectivity index (χ4v) is 2.74. The monoisotopic (exact) mass is 401 g/mol. The first-order chi connectivity index (χ1) is 12.5. The third-order valence-corrected chi connectivity index (χ3v) is 4.25. The number of alkyl halides is 6. The molecule has 1 heterocycles. The Hall–Kier alpha value is -2.01. The van der Waals surface area contributed by atoms with E-state index in [0.29, 0.717) is 12.8 Å². The zero-order valence-corrected chi connectivity index (χ0v) is 14.3. The minimum absolute atomic E-state index is 0.0427. The van der Waals surface area contributed by atoms with Crippen molar-refractivity contribution < 1.29 is 45.9 Å². The molecular formula is C16H19F6N2O3+. The Morgan fingerprint density at radius 3 is 2.44 bits per heavy atom. The molecule has 0 saturated carbocycles. The number of ether oxygens (including phenoxy) is 2. The molecule has 1 aromatic rings. The van der Waals surface area contributed by atoms with Crippen molar-refractivity contribution in [3.05, 3.63) is 29.8 Å². The molecule has 0 aromatic heterocycles. The van der Waals surface area contributed by atoms with Crippen LogP contribution in [0.25, 0.3) is 0 Å². The number of halogens is 6. The number of carbonyl (C=O) groups excluding carboxylic acids is 1. The third kappa shape index (κ3) is 4.64. The molecule has 0 radical (unpaired) electrons. The van der Waals surface area contributed by atoms with Crippen LogP contribution in [0.1, 0.15) is 23.2 Å². The molecule has 1 atom stereocenters. The van der Waals surface area contributed by atoms with Crippen LogP contribution in [-0.2, 0) is 4.74 Å². The summed E-state index contributed by atoms with van der Waals surface area (Å²) in [6.45, 7) is -0.322. The van der Waals surface area contributed by atoms with Gasteiger partial charge in [-0.05, 0) is 31.0 Å². The van der Waals surface area contributed by atoms with Gasteiger partial charge in [-0.25, -0.2) is 0 Å². The van der Waals surface area contributed by atoms with Crippen LogP contribution in [0.3, 0.4) is 0 Å². The second-order valence-corrected chi connectivity index (χ2v) is 6.06. The zero-order valence-electron chi connectivity index (χ0n) is 14.3. The lowest BCUT2D eigenvalue weighted by Gasteiger charge is -2.35. The lowest BCUT2D eigenvalue weighted by atomic mass is 10.1. The summed E-state index contributed by atoms with van der Waals surface area (Å²) in [7, 11) is 1.25. The maximum Gasteiger partial charge on any atom is 0.475 e. The third-order valence-electron chi connectivity index (χ3n) is 4.25. The molecule has 1 fully saturated rings. The van der Waals surface area contributed by atoms with Gasteiger partial charge in [-0.1, -0.05) is 6.07 Å². The highest BCUT2D eigenvalue weighted by atomic mass is 19.4. The first kappa shape index (κ1) is 21.3. The summed E-state index contributed by atoms with van der Waals surface area (Å²) in [6.07, 6.45) is -11.4. The van der Waals surface area contributed by atoms with Crippen LogP contribution < -0.4 is 15.4 Å². The molecule has 0 spiro atoms. The van der Waals surface area contributed by atoms with Crippen molar-refractivity contribution in [2.24, 2.45) is 0 Å². The van der Waals surface area contributed by atoms with E-state index in [1.54, 1.807) is 0 Å². The average molecular weight is 401 g/mol. The van der Waals surface area contributed by atoms with E-state index >= 15 is 0 Å². The van der Waals surface area contributed by atoms with Gasteiger partial charge in [0.2, 0.25) is 0 Å². The van der Waals surface area contributed by atoms with Gasteiger partial charge >= 0.3 is 18.0 Å². The van der Waals surface area contributed by atoms with E-state index in [9.17, 15) is 31.1 Å². The fourth-order valence-electron chi connectivity index (χ4n) is 2.74. The van der Waals surface area contributed by atoms with Gasteiger partial charge in [0.05, 0.1) is 7.11 Å². The van der Waals surface area contributed by atoms with Gasteiger partial charge in [0.25, 0.3) is 5.91 Å². The highest BCUT2D eigenvalue weighted by molar-refractivity contribution is 5.95. The van der Waals surface area contributed by atoms with Gasteiger partial charge in [0, 0.05) is 12.2 Å². The van der Waals surface area contributed by atoms with E-state index in [4.69, 9.17) is 9.47 Å². The summed E-state index contributed by atoms with van der Waals surface area (Å²) >= 11 is 0. The number of benzene rings is 1. The molecule has 1 amide bonds. The van der Waals surface area contributed by atoms with Crippen LogP contribution in [0.4, 0.5) is 26.3 Å². The summed E-state index contributed by atoms with van der Waals surface area (Å²) in [6, 6.07) is 4.83. The molecule has 1 saturated heterocycles. The molecule has 2 rings (SSSR count). The number of carbonyl (C=O) groups is 1. The smallest absolute Gasteiger partial charge is 0.475 e. The van der Waals surface area contributed by atoms with Gasteiger partial charge in [0.15, 0.2) is 0 Å². The van der Waals surface area contributed by atoms with E-state index in [-0.39, 0.29) is 17.7 Å². The number of methoxy groups -OCH3 is 1. The molecule has 11 heteroatoms. The topological polar surface area (TPSA) is 64.2 Å². The van der Waals surface area contributed by atoms with E-state index in [1.807, 2.05) is 0 Å². The van der Waals surface area contributed by atoms with Crippen molar-refractivity contribution in [2.45, 2.75) is 37.0 Å². The predicted molar refractivity (Wildman–Crippen MR) is 81.1 cm³/mol. The van der Waals surface area contributed by atoms with Gasteiger partial charge in [0.1, 0.15) is 18.4 Å². The van der Waals surface area contributed by atoms with Crippen molar-refractivity contribution in [1.29, 1.82) is 0 Å². The minimum atomic E-state index is -5.79. The largest absolute Gasteiger partial charge is 0.497 e. The number of amides is 1. The quantitative estimate of drug-likeness (QED) is 0.566. The molecule has 152 valence electrons. The first-order valence-electron chi connectivity index (χ1n) is 8.06. The van der Waals surface area contributed by atoms with Crippen LogP contribution in [0.5, 0.6) is 5.75 Å². The summed E-state index contributed by atoms with van der Waals surface area (Å²) in [5, 5.41) is 1.19. The lowest BCUT2D eigenvalue weighted by molar-refractivity contribution is -0.787. The predicted octanol–water partition coefficient (Wildman–Crippen LogP) is 1.99. The van der Waals surface area contributed by atoms with E-state index in [2.05, 4.69) is 0 Å². The number of hydrogen-bond acceptors (Lipinski definition) is 3. The Kier molecular flexibility index (Phi) is 6.25. The van der Waals surface area contributed by atoms with Gasteiger partial charge in [-0.3, -0.25) is 10.1 Å². The van der Waals surface area contributed by atoms with Crippen LogP contribution in [0.2, 0.25) is 0 Å². The highest BCUT2D eigenvalue weighted by Gasteiger charge is 2.76. The van der Waals surface area contributed by atoms with Gasteiger partial charge in [-0.15, -0.1) is 0 Å². The number of hydrogen-bond donors (Lipinski definition) is 2. The molecule has 5 nitrogen and oxygen atoms in total. The van der Waals surface area contributed by atoms with Crippen LogP contribution in [0, 0.1) is 0 Å². The number of nitrogens with one attached hydrogen (secondary N) is 1. The molecule has 3 N–H and O–H groups in total. The highest BCUT2D eigenvalue weighted by Crippen LogP contribution is 2.38. The Morgan fingerprint density at radius 1 is 1.26 bits per heavy atom. The Bertz CT molecular complexity index is 642. The van der Waals surface area contributed by atoms with Crippen molar-refractivity contribution in [3.63, 3.8) is 0 Å². The second-order valence-electron chi connectivity index (χ2n) is 6.06. The lowest BCUT2D eigenvalue weighted by Crippen LogP contribution is -3.09. The Labute approximate surface area is 151 Å². The average Bonchev–Trinajstić information content (AvgIpc) is 3.09. The standard InChI is InChI=1S/C16H18F6N2O3/c1-26-11-5-2-4-10(8-11)13(25)24-14(15(17,18)19,16(20,21)22)23-9-12-6-3-7-27-12/h2,4-5,8,12,23H,3,6-7,9H2,1H3,(H,24,25)/p+1/t12-/m0/s1. The number of rotatable bonds is 6. The summed E-state index contributed by atoms with van der Waals surface area (Å²) in [4.78, 5) is 12.2. The molecule has 0 bridgehead atoms. The van der Waals surface area contributed by atoms with Gasteiger partial charge in [-0.2, -0.15) is 26.3 Å².